The second-order valence-electron chi connectivity index (χ2n) is 7.81. The van der Waals surface area contributed by atoms with Gasteiger partial charge in [0.2, 0.25) is 10.0 Å². The number of sulfonamides is 1. The van der Waals surface area contributed by atoms with Crippen molar-refractivity contribution in [2.45, 2.75) is 50.7 Å². The third-order valence-electron chi connectivity index (χ3n) is 5.92. The number of nitrogens with one attached hydrogen (secondary N) is 1. The number of aryl methyl sites for hydroxylation is 2. The van der Waals surface area contributed by atoms with Gasteiger partial charge in [-0.2, -0.15) is 9.40 Å². The number of nitrogens with zero attached hydrogens (tertiary/aromatic N) is 2. The number of aliphatic hydroxyl groups is 1. The summed E-state index contributed by atoms with van der Waals surface area (Å²) in [5.74, 6) is 0.453. The van der Waals surface area contributed by atoms with E-state index in [-0.39, 0.29) is 10.9 Å². The first kappa shape index (κ1) is 19.9. The number of benzene rings is 2. The second kappa shape index (κ2) is 7.12. The molecular weight excluding hydrogens is 388 g/mol. The minimum atomic E-state index is -3.66. The molecule has 0 aliphatic carbocycles. The lowest BCUT2D eigenvalue weighted by atomic mass is 9.94. The first-order valence-electron chi connectivity index (χ1n) is 9.76. The number of anilines is 1. The number of H-pyrrole nitrogens is 1. The summed E-state index contributed by atoms with van der Waals surface area (Å²) in [7, 11) is -3.66. The monoisotopic (exact) mass is 414 g/mol. The molecular formula is C21H26N4O3S. The van der Waals surface area contributed by atoms with E-state index in [0.717, 1.165) is 39.6 Å². The van der Waals surface area contributed by atoms with E-state index in [2.05, 4.69) is 10.2 Å². The Morgan fingerprint density at radius 2 is 1.97 bits per heavy atom. The second-order valence-corrected chi connectivity index (χ2v) is 9.70. The predicted molar refractivity (Wildman–Crippen MR) is 114 cm³/mol. The van der Waals surface area contributed by atoms with E-state index >= 15 is 0 Å². The highest BCUT2D eigenvalue weighted by atomic mass is 32.2. The highest BCUT2D eigenvalue weighted by molar-refractivity contribution is 7.89. The van der Waals surface area contributed by atoms with Gasteiger partial charge in [-0.3, -0.25) is 5.10 Å². The topological polar surface area (TPSA) is 112 Å². The fraction of sp³-hybridized carbons (Fsp3) is 0.381. The summed E-state index contributed by atoms with van der Waals surface area (Å²) in [4.78, 5) is 0.257. The van der Waals surface area contributed by atoms with Crippen LogP contribution in [-0.2, 0) is 10.0 Å². The van der Waals surface area contributed by atoms with Gasteiger partial charge in [-0.15, -0.1) is 0 Å². The Balaban J connectivity index is 1.76. The summed E-state index contributed by atoms with van der Waals surface area (Å²) in [6.45, 7) is 5.99. The molecule has 0 spiro atoms. The van der Waals surface area contributed by atoms with Crippen molar-refractivity contribution < 1.29 is 13.5 Å². The van der Waals surface area contributed by atoms with Crippen LogP contribution in [0.5, 0.6) is 0 Å². The van der Waals surface area contributed by atoms with Gasteiger partial charge in [0.25, 0.3) is 0 Å². The van der Waals surface area contributed by atoms with Gasteiger partial charge in [0.1, 0.15) is 0 Å². The Kier molecular flexibility index (Phi) is 4.88. The molecule has 0 radical (unpaired) electrons. The number of hydrogen-bond donors (Lipinski definition) is 3. The largest absolute Gasteiger partial charge is 0.392 e. The molecule has 4 rings (SSSR count). The number of aromatic amines is 1. The minimum Gasteiger partial charge on any atom is -0.392 e. The normalized spacial score (nSPS) is 19.1. The third-order valence-corrected chi connectivity index (χ3v) is 7.84. The maximum atomic E-state index is 13.2. The van der Waals surface area contributed by atoms with Crippen molar-refractivity contribution in [2.24, 2.45) is 0 Å². The predicted octanol–water partition coefficient (Wildman–Crippen LogP) is 2.96. The standard InChI is InChI=1S/C21H26N4O3S/c1-12-11-15(29(27,28)25-10-4-5-19(25)14(3)26)6-7-16(12)17-8-9-18-20(13(17)2)21(22)24-23-18/h6-9,11,14,19,26H,4-5,10H2,1-3H3,(H3,22,23,24)/t14?,19-/m0/s1. The van der Waals surface area contributed by atoms with Gasteiger partial charge < -0.3 is 10.8 Å². The lowest BCUT2D eigenvalue weighted by molar-refractivity contribution is 0.123. The molecule has 7 nitrogen and oxygen atoms in total. The Labute approximate surface area is 170 Å². The summed E-state index contributed by atoms with van der Waals surface area (Å²) >= 11 is 0. The first-order valence-corrected chi connectivity index (χ1v) is 11.2. The smallest absolute Gasteiger partial charge is 0.243 e. The first-order chi connectivity index (χ1) is 13.7. The molecule has 3 aromatic rings. The van der Waals surface area contributed by atoms with Crippen LogP contribution >= 0.6 is 0 Å². The van der Waals surface area contributed by atoms with Gasteiger partial charge >= 0.3 is 0 Å². The van der Waals surface area contributed by atoms with Gasteiger partial charge in [0, 0.05) is 11.9 Å². The summed E-state index contributed by atoms with van der Waals surface area (Å²) < 4.78 is 27.8. The number of fused-ring (bicyclic) bond motifs is 1. The average molecular weight is 415 g/mol. The lowest BCUT2D eigenvalue weighted by Crippen LogP contribution is -2.41. The fourth-order valence-corrected chi connectivity index (χ4v) is 6.23. The summed E-state index contributed by atoms with van der Waals surface area (Å²) in [5, 5.41) is 17.9. The van der Waals surface area contributed by atoms with Crippen LogP contribution in [0.1, 0.15) is 30.9 Å². The molecule has 0 bridgehead atoms. The zero-order valence-corrected chi connectivity index (χ0v) is 17.6. The molecule has 2 heterocycles. The highest BCUT2D eigenvalue weighted by Gasteiger charge is 2.37. The number of rotatable bonds is 4. The van der Waals surface area contributed by atoms with Gasteiger partial charge in [-0.25, -0.2) is 8.42 Å². The molecule has 154 valence electrons. The highest BCUT2D eigenvalue weighted by Crippen LogP contribution is 2.35. The average Bonchev–Trinajstić information content (AvgIpc) is 3.30. The molecule has 2 aromatic carbocycles. The van der Waals surface area contributed by atoms with E-state index < -0.39 is 16.1 Å². The lowest BCUT2D eigenvalue weighted by Gasteiger charge is -2.26. The van der Waals surface area contributed by atoms with E-state index in [1.807, 2.05) is 32.0 Å². The van der Waals surface area contributed by atoms with Crippen LogP contribution in [0.2, 0.25) is 0 Å². The molecule has 2 atom stereocenters. The fourth-order valence-electron chi connectivity index (χ4n) is 4.38. The van der Waals surface area contributed by atoms with Crippen LogP contribution in [0.25, 0.3) is 22.0 Å². The summed E-state index contributed by atoms with van der Waals surface area (Å²) in [5.41, 5.74) is 10.7. The molecule has 1 aliphatic heterocycles. The summed E-state index contributed by atoms with van der Waals surface area (Å²) in [6.07, 6.45) is 0.749. The van der Waals surface area contributed by atoms with E-state index in [1.54, 1.807) is 19.1 Å². The van der Waals surface area contributed by atoms with E-state index in [1.165, 1.54) is 4.31 Å². The Morgan fingerprint density at radius 1 is 1.24 bits per heavy atom. The molecule has 1 unspecified atom stereocenters. The van der Waals surface area contributed by atoms with E-state index in [4.69, 9.17) is 5.73 Å². The zero-order chi connectivity index (χ0) is 20.9. The van der Waals surface area contributed by atoms with Crippen LogP contribution in [0.3, 0.4) is 0 Å². The molecule has 1 fully saturated rings. The van der Waals surface area contributed by atoms with Crippen LogP contribution in [0.4, 0.5) is 5.82 Å². The zero-order valence-electron chi connectivity index (χ0n) is 16.8. The molecule has 0 amide bonds. The van der Waals surface area contributed by atoms with E-state index in [9.17, 15) is 13.5 Å². The third kappa shape index (κ3) is 3.21. The van der Waals surface area contributed by atoms with Crippen molar-refractivity contribution in [3.05, 3.63) is 41.5 Å². The number of aromatic nitrogens is 2. The van der Waals surface area contributed by atoms with Gasteiger partial charge in [0.05, 0.1) is 22.6 Å². The number of nitrogens with two attached hydrogens (primary N) is 1. The van der Waals surface area contributed by atoms with Crippen LogP contribution < -0.4 is 5.73 Å². The molecule has 0 saturated carbocycles. The number of hydrogen-bond acceptors (Lipinski definition) is 5. The van der Waals surface area contributed by atoms with Crippen LogP contribution in [0.15, 0.2) is 35.2 Å². The maximum absolute atomic E-state index is 13.2. The molecule has 1 aliphatic rings. The Hall–Kier alpha value is -2.42. The van der Waals surface area contributed by atoms with E-state index in [0.29, 0.717) is 18.8 Å². The molecule has 1 aromatic heterocycles. The Morgan fingerprint density at radius 3 is 2.66 bits per heavy atom. The van der Waals surface area contributed by atoms with Gasteiger partial charge in [0.15, 0.2) is 5.82 Å². The van der Waals surface area contributed by atoms with Crippen molar-refractivity contribution in [1.82, 2.24) is 14.5 Å². The molecule has 29 heavy (non-hydrogen) atoms. The quantitative estimate of drug-likeness (QED) is 0.608. The van der Waals surface area contributed by atoms with Crippen molar-refractivity contribution in [3.8, 4) is 11.1 Å². The summed E-state index contributed by atoms with van der Waals surface area (Å²) in [6, 6.07) is 8.77. The number of aliphatic hydroxyl groups excluding tert-OH is 1. The minimum absolute atomic E-state index is 0.257. The van der Waals surface area contributed by atoms with Gasteiger partial charge in [-0.1, -0.05) is 12.1 Å². The Bertz CT molecular complexity index is 1180. The molecule has 8 heteroatoms. The van der Waals surface area contributed by atoms with Crippen molar-refractivity contribution in [1.29, 1.82) is 0 Å². The molecule has 1 saturated heterocycles. The van der Waals surface area contributed by atoms with Crippen molar-refractivity contribution in [3.63, 3.8) is 0 Å². The van der Waals surface area contributed by atoms with Crippen LogP contribution in [0, 0.1) is 13.8 Å². The van der Waals surface area contributed by atoms with Crippen molar-refractivity contribution >= 4 is 26.7 Å². The van der Waals surface area contributed by atoms with Crippen LogP contribution in [-0.4, -0.2) is 46.7 Å². The number of nitrogen functional groups attached to an aromatic ring is 1. The molecule has 4 N–H and O–H groups in total. The SMILES string of the molecule is Cc1cc(S(=O)(=O)N2CCC[C@H]2C(C)O)ccc1-c1ccc2[nH]nc(N)c2c1C. The van der Waals surface area contributed by atoms with Gasteiger partial charge in [-0.05, 0) is 74.1 Å². The van der Waals surface area contributed by atoms with Crippen molar-refractivity contribution in [2.75, 3.05) is 12.3 Å². The maximum Gasteiger partial charge on any atom is 0.243 e.